The molecule has 0 radical (unpaired) electrons. The van der Waals surface area contributed by atoms with Gasteiger partial charge in [0, 0.05) is 6.04 Å². The van der Waals surface area contributed by atoms with Crippen molar-refractivity contribution in [2.45, 2.75) is 31.2 Å². The van der Waals surface area contributed by atoms with E-state index in [4.69, 9.17) is 0 Å². The Labute approximate surface area is 102 Å². The van der Waals surface area contributed by atoms with Crippen molar-refractivity contribution in [1.82, 2.24) is 5.32 Å². The molecule has 1 atom stereocenters. The van der Waals surface area contributed by atoms with Crippen LogP contribution in [0.2, 0.25) is 0 Å². The van der Waals surface area contributed by atoms with Crippen molar-refractivity contribution >= 4 is 15.9 Å². The van der Waals surface area contributed by atoms with Crippen LogP contribution in [0.5, 0.6) is 0 Å². The van der Waals surface area contributed by atoms with Crippen LogP contribution in [-0.4, -0.2) is 21.5 Å². The van der Waals surface area contributed by atoms with Gasteiger partial charge in [0.15, 0.2) is 0 Å². The van der Waals surface area contributed by atoms with Gasteiger partial charge in [-0.25, -0.2) is 8.42 Å². The summed E-state index contributed by atoms with van der Waals surface area (Å²) in [6.07, 6.45) is 2.33. The molecule has 1 aliphatic heterocycles. The average Bonchev–Trinajstić information content (AvgIpc) is 2.50. The zero-order chi connectivity index (χ0) is 12.6. The van der Waals surface area contributed by atoms with Crippen molar-refractivity contribution in [3.63, 3.8) is 0 Å². The first-order valence-corrected chi connectivity index (χ1v) is 7.17. The van der Waals surface area contributed by atoms with Crippen LogP contribution in [0.4, 0.5) is 0 Å². The van der Waals surface area contributed by atoms with E-state index in [1.807, 2.05) is 33.0 Å². The summed E-state index contributed by atoms with van der Waals surface area (Å²) in [6, 6.07) is 5.62. The normalized spacial score (nSPS) is 18.6. The van der Waals surface area contributed by atoms with E-state index in [1.165, 1.54) is 0 Å². The first kappa shape index (κ1) is 12.3. The molecule has 3 nitrogen and oxygen atoms in total. The molecule has 0 fully saturated rings. The van der Waals surface area contributed by atoms with Crippen LogP contribution >= 0.6 is 0 Å². The number of rotatable bonds is 3. The Balaban J connectivity index is 2.43. The molecule has 0 aromatic heterocycles. The third-order valence-corrected chi connectivity index (χ3v) is 5.04. The van der Waals surface area contributed by atoms with Crippen LogP contribution in [0, 0.1) is 6.92 Å². The molecule has 0 saturated heterocycles. The van der Waals surface area contributed by atoms with Crippen LogP contribution in [0.15, 0.2) is 28.0 Å². The maximum atomic E-state index is 12.3. The van der Waals surface area contributed by atoms with E-state index < -0.39 is 9.84 Å². The Morgan fingerprint density at radius 1 is 1.35 bits per heavy atom. The predicted octanol–water partition coefficient (Wildman–Crippen LogP) is 2.12. The van der Waals surface area contributed by atoms with E-state index in [-0.39, 0.29) is 6.04 Å². The fourth-order valence-corrected chi connectivity index (χ4v) is 3.70. The van der Waals surface area contributed by atoms with Crippen molar-refractivity contribution in [2.75, 3.05) is 7.05 Å². The highest BCUT2D eigenvalue weighted by Crippen LogP contribution is 2.35. The van der Waals surface area contributed by atoms with Gasteiger partial charge in [-0.05, 0) is 45.0 Å². The second-order valence-electron chi connectivity index (χ2n) is 4.55. The SMILES string of the molecule is CNC(C)CC1=Cc2cc(C)ccc2S1(=O)=O. The van der Waals surface area contributed by atoms with Crippen LogP contribution in [0.25, 0.3) is 6.08 Å². The maximum absolute atomic E-state index is 12.3. The molecule has 92 valence electrons. The molecule has 1 heterocycles. The molecule has 0 spiro atoms. The van der Waals surface area contributed by atoms with E-state index in [0.29, 0.717) is 16.2 Å². The van der Waals surface area contributed by atoms with Crippen LogP contribution in [0.3, 0.4) is 0 Å². The molecule has 17 heavy (non-hydrogen) atoms. The minimum Gasteiger partial charge on any atom is -0.317 e. The van der Waals surface area contributed by atoms with Gasteiger partial charge in [-0.1, -0.05) is 17.7 Å². The number of hydrogen-bond acceptors (Lipinski definition) is 3. The Morgan fingerprint density at radius 2 is 2.06 bits per heavy atom. The number of aryl methyl sites for hydroxylation is 1. The molecular formula is C13H17NO2S. The smallest absolute Gasteiger partial charge is 0.203 e. The van der Waals surface area contributed by atoms with Crippen LogP contribution < -0.4 is 5.32 Å². The highest BCUT2D eigenvalue weighted by atomic mass is 32.2. The Hall–Kier alpha value is -1.13. The molecule has 0 amide bonds. The number of nitrogens with one attached hydrogen (secondary N) is 1. The van der Waals surface area contributed by atoms with Crippen molar-refractivity contribution in [3.8, 4) is 0 Å². The van der Waals surface area contributed by atoms with Gasteiger partial charge in [0.2, 0.25) is 9.84 Å². The second-order valence-corrected chi connectivity index (χ2v) is 6.52. The van der Waals surface area contributed by atoms with Gasteiger partial charge in [0.1, 0.15) is 0 Å². The van der Waals surface area contributed by atoms with Gasteiger partial charge < -0.3 is 5.32 Å². The summed E-state index contributed by atoms with van der Waals surface area (Å²) < 4.78 is 24.5. The lowest BCUT2D eigenvalue weighted by Crippen LogP contribution is -2.22. The molecule has 1 aromatic carbocycles. The fraction of sp³-hybridized carbons (Fsp3) is 0.385. The van der Waals surface area contributed by atoms with Gasteiger partial charge in [-0.2, -0.15) is 0 Å². The molecule has 4 heteroatoms. The highest BCUT2D eigenvalue weighted by molar-refractivity contribution is 7.95. The minimum absolute atomic E-state index is 0.159. The van der Waals surface area contributed by atoms with Gasteiger partial charge >= 0.3 is 0 Å². The summed E-state index contributed by atoms with van der Waals surface area (Å²) in [5.74, 6) is 0. The first-order chi connectivity index (χ1) is 7.95. The lowest BCUT2D eigenvalue weighted by atomic mass is 10.1. The lowest BCUT2D eigenvalue weighted by Gasteiger charge is -2.10. The fourth-order valence-electron chi connectivity index (χ4n) is 1.99. The summed E-state index contributed by atoms with van der Waals surface area (Å²) >= 11 is 0. The summed E-state index contributed by atoms with van der Waals surface area (Å²) in [5.41, 5.74) is 1.90. The first-order valence-electron chi connectivity index (χ1n) is 5.68. The lowest BCUT2D eigenvalue weighted by molar-refractivity contribution is 0.586. The molecule has 0 bridgehead atoms. The highest BCUT2D eigenvalue weighted by Gasteiger charge is 2.29. The largest absolute Gasteiger partial charge is 0.317 e. The second kappa shape index (κ2) is 4.27. The molecule has 1 aromatic rings. The predicted molar refractivity (Wildman–Crippen MR) is 69.5 cm³/mol. The van der Waals surface area contributed by atoms with E-state index in [1.54, 1.807) is 12.1 Å². The average molecular weight is 251 g/mol. The van der Waals surface area contributed by atoms with Crippen molar-refractivity contribution in [2.24, 2.45) is 0 Å². The van der Waals surface area contributed by atoms with Gasteiger partial charge in [0.05, 0.1) is 9.80 Å². The standard InChI is InChI=1S/C13H17NO2S/c1-9-4-5-13-11(6-9)8-12(17(13,15)16)7-10(2)14-3/h4-6,8,10,14H,7H2,1-3H3. The summed E-state index contributed by atoms with van der Waals surface area (Å²) in [4.78, 5) is 0.960. The summed E-state index contributed by atoms with van der Waals surface area (Å²) in [5, 5.41) is 3.06. The maximum Gasteiger partial charge on any atom is 0.203 e. The summed E-state index contributed by atoms with van der Waals surface area (Å²) in [6.45, 7) is 3.94. The van der Waals surface area contributed by atoms with E-state index in [2.05, 4.69) is 5.32 Å². The zero-order valence-corrected chi connectivity index (χ0v) is 11.1. The molecule has 1 unspecified atom stereocenters. The van der Waals surface area contributed by atoms with Crippen molar-refractivity contribution in [3.05, 3.63) is 34.2 Å². The van der Waals surface area contributed by atoms with Crippen LogP contribution in [0.1, 0.15) is 24.5 Å². The number of sulfone groups is 1. The van der Waals surface area contributed by atoms with Crippen molar-refractivity contribution in [1.29, 1.82) is 0 Å². The molecule has 0 aliphatic carbocycles. The topological polar surface area (TPSA) is 46.2 Å². The number of fused-ring (bicyclic) bond motifs is 1. The Bertz CT molecular complexity index is 573. The quantitative estimate of drug-likeness (QED) is 0.895. The van der Waals surface area contributed by atoms with E-state index in [0.717, 1.165) is 11.1 Å². The van der Waals surface area contributed by atoms with Crippen molar-refractivity contribution < 1.29 is 8.42 Å². The van der Waals surface area contributed by atoms with Gasteiger partial charge in [-0.15, -0.1) is 0 Å². The monoisotopic (exact) mass is 251 g/mol. The number of benzene rings is 1. The third kappa shape index (κ3) is 2.15. The molecule has 1 N–H and O–H groups in total. The minimum atomic E-state index is -3.25. The molecule has 0 saturated carbocycles. The Kier molecular flexibility index (Phi) is 3.10. The third-order valence-electron chi connectivity index (χ3n) is 3.12. The van der Waals surface area contributed by atoms with E-state index >= 15 is 0 Å². The van der Waals surface area contributed by atoms with Gasteiger partial charge in [0.25, 0.3) is 0 Å². The van der Waals surface area contributed by atoms with Gasteiger partial charge in [-0.3, -0.25) is 0 Å². The summed E-state index contributed by atoms with van der Waals surface area (Å²) in [7, 11) is -1.41. The zero-order valence-electron chi connectivity index (χ0n) is 10.3. The van der Waals surface area contributed by atoms with Crippen LogP contribution in [-0.2, 0) is 9.84 Å². The number of hydrogen-bond donors (Lipinski definition) is 1. The molecule has 1 aliphatic rings. The molecular weight excluding hydrogens is 234 g/mol. The molecule has 2 rings (SSSR count). The Morgan fingerprint density at radius 3 is 2.71 bits per heavy atom. The van der Waals surface area contributed by atoms with E-state index in [9.17, 15) is 8.42 Å².